The van der Waals surface area contributed by atoms with Gasteiger partial charge in [0, 0.05) is 25.2 Å². The number of hydrogen-bond acceptors (Lipinski definition) is 5. The highest BCUT2D eigenvalue weighted by Crippen LogP contribution is 2.17. The predicted molar refractivity (Wildman–Crippen MR) is 117 cm³/mol. The molecule has 1 amide bonds. The van der Waals surface area contributed by atoms with E-state index in [4.69, 9.17) is 15.3 Å². The molecule has 2 saturated heterocycles. The fourth-order valence-electron chi connectivity index (χ4n) is 2.54. The minimum absolute atomic E-state index is 0. The third kappa shape index (κ3) is 9.07. The first kappa shape index (κ1) is 27.1. The number of carboxylic acid groups (broad SMARTS) is 1. The number of amides is 1. The minimum Gasteiger partial charge on any atom is -0.508 e. The Morgan fingerprint density at radius 2 is 1.31 bits per heavy atom. The number of nitrogens with one attached hydrogen (secondary N) is 1. The summed E-state index contributed by atoms with van der Waals surface area (Å²) in [5, 5.41) is 29.2. The summed E-state index contributed by atoms with van der Waals surface area (Å²) in [5.74, 6) is -2.69. The molecule has 2 aliphatic heterocycles. The van der Waals surface area contributed by atoms with Gasteiger partial charge in [0.15, 0.2) is 0 Å². The zero-order chi connectivity index (χ0) is 22.8. The molecule has 2 fully saturated rings. The van der Waals surface area contributed by atoms with E-state index in [0.29, 0.717) is 5.56 Å². The van der Waals surface area contributed by atoms with Crippen LogP contribution in [0.25, 0.3) is 0 Å². The van der Waals surface area contributed by atoms with E-state index < -0.39 is 17.6 Å². The molecule has 32 heavy (non-hydrogen) atoms. The van der Waals surface area contributed by atoms with Gasteiger partial charge in [-0.3, -0.25) is 9.59 Å². The number of phenols is 2. The normalized spacial score (nSPS) is 13.6. The Labute approximate surface area is 191 Å². The minimum atomic E-state index is -1.10. The number of halogens is 3. The standard InChI is InChI=1S/C11H12FNO2.C8H7FO3.C3H7N.ClH/c12-10-7-9(14)3-2-8(10)6-11(15)13-4-1-5-13;9-7-4-6(10)2-1-5(7)3-8(11)12;1-2-4-3-1;/h2-3,7,14H,1,4-6H2;1-2,4,10H,3H2,(H,11,12);4H,1-3H2;1H. The lowest BCUT2D eigenvalue weighted by atomic mass is 10.1. The number of hydrogen-bond donors (Lipinski definition) is 4. The van der Waals surface area contributed by atoms with Gasteiger partial charge in [0.05, 0.1) is 12.8 Å². The molecule has 2 heterocycles. The average molecular weight is 473 g/mol. The number of benzene rings is 2. The lowest BCUT2D eigenvalue weighted by Crippen LogP contribution is -2.42. The van der Waals surface area contributed by atoms with E-state index in [-0.39, 0.29) is 48.2 Å². The molecule has 0 spiro atoms. The number of carbonyl (C=O) groups excluding carboxylic acids is 1. The maximum atomic E-state index is 13.3. The van der Waals surface area contributed by atoms with Crippen molar-refractivity contribution < 1.29 is 33.7 Å². The van der Waals surface area contributed by atoms with Crippen LogP contribution in [0.15, 0.2) is 36.4 Å². The van der Waals surface area contributed by atoms with Crippen LogP contribution in [0.4, 0.5) is 8.78 Å². The number of aliphatic carboxylic acids is 1. The van der Waals surface area contributed by atoms with E-state index in [1.165, 1.54) is 43.8 Å². The van der Waals surface area contributed by atoms with Crippen molar-refractivity contribution in [3.63, 3.8) is 0 Å². The molecule has 0 radical (unpaired) electrons. The predicted octanol–water partition coefficient (Wildman–Crippen LogP) is 2.87. The summed E-state index contributed by atoms with van der Waals surface area (Å²) in [5.41, 5.74) is 0.407. The van der Waals surface area contributed by atoms with Gasteiger partial charge in [0.1, 0.15) is 23.1 Å². The van der Waals surface area contributed by atoms with Crippen molar-refractivity contribution in [2.24, 2.45) is 0 Å². The van der Waals surface area contributed by atoms with Gasteiger partial charge in [-0.1, -0.05) is 12.1 Å². The molecule has 10 heteroatoms. The summed E-state index contributed by atoms with van der Waals surface area (Å²) in [6.45, 7) is 4.05. The van der Waals surface area contributed by atoms with E-state index in [1.54, 1.807) is 4.90 Å². The van der Waals surface area contributed by atoms with Crippen molar-refractivity contribution >= 4 is 24.3 Å². The van der Waals surface area contributed by atoms with Crippen LogP contribution >= 0.6 is 12.4 Å². The maximum Gasteiger partial charge on any atom is 0.307 e. The van der Waals surface area contributed by atoms with Gasteiger partial charge in [-0.05, 0) is 49.2 Å². The fraction of sp³-hybridized carbons (Fsp3) is 0.364. The summed E-state index contributed by atoms with van der Waals surface area (Å²) in [6, 6.07) is 7.25. The van der Waals surface area contributed by atoms with E-state index in [2.05, 4.69) is 5.32 Å². The molecule has 0 atom stereocenters. The molecular weight excluding hydrogens is 446 g/mol. The second kappa shape index (κ2) is 13.5. The molecule has 176 valence electrons. The summed E-state index contributed by atoms with van der Waals surface area (Å²) in [6.07, 6.45) is 2.13. The van der Waals surface area contributed by atoms with Crippen molar-refractivity contribution in [1.82, 2.24) is 10.2 Å². The third-order valence-corrected chi connectivity index (χ3v) is 4.67. The third-order valence-electron chi connectivity index (χ3n) is 4.67. The molecule has 2 aromatic rings. The fourth-order valence-corrected chi connectivity index (χ4v) is 2.54. The summed E-state index contributed by atoms with van der Waals surface area (Å²) in [4.78, 5) is 23.4. The van der Waals surface area contributed by atoms with Crippen LogP contribution in [0.2, 0.25) is 0 Å². The second-order valence-electron chi connectivity index (χ2n) is 7.14. The van der Waals surface area contributed by atoms with E-state index in [0.717, 1.165) is 31.6 Å². The SMILES string of the molecule is C1CNC1.Cl.O=C(Cc1ccc(O)cc1F)N1CCC1.O=C(O)Cc1ccc(O)cc1F. The molecule has 0 aliphatic carbocycles. The summed E-state index contributed by atoms with van der Waals surface area (Å²) in [7, 11) is 0. The number of phenolic OH excluding ortho intramolecular Hbond substituents is 2. The van der Waals surface area contributed by atoms with Gasteiger partial charge in [-0.25, -0.2) is 8.78 Å². The smallest absolute Gasteiger partial charge is 0.307 e. The Bertz CT molecular complexity index is 902. The van der Waals surface area contributed by atoms with E-state index in [9.17, 15) is 18.4 Å². The summed E-state index contributed by atoms with van der Waals surface area (Å²) < 4.78 is 26.1. The van der Waals surface area contributed by atoms with E-state index >= 15 is 0 Å². The van der Waals surface area contributed by atoms with Crippen LogP contribution in [0.3, 0.4) is 0 Å². The number of rotatable bonds is 4. The Hall–Kier alpha value is -2.91. The van der Waals surface area contributed by atoms with Crippen molar-refractivity contribution in [3.8, 4) is 11.5 Å². The average Bonchev–Trinajstić information content (AvgIpc) is 2.57. The van der Waals surface area contributed by atoms with Crippen LogP contribution in [-0.2, 0) is 22.4 Å². The zero-order valence-electron chi connectivity index (χ0n) is 17.4. The van der Waals surface area contributed by atoms with Crippen LogP contribution in [0.5, 0.6) is 11.5 Å². The van der Waals surface area contributed by atoms with Crippen molar-refractivity contribution in [2.75, 3.05) is 26.2 Å². The number of nitrogens with zero attached hydrogens (tertiary/aromatic N) is 1. The van der Waals surface area contributed by atoms with Crippen LogP contribution < -0.4 is 5.32 Å². The van der Waals surface area contributed by atoms with Crippen molar-refractivity contribution in [3.05, 3.63) is 59.2 Å². The number of aromatic hydroxyl groups is 2. The molecule has 2 aliphatic rings. The molecule has 2 aromatic carbocycles. The molecule has 7 nitrogen and oxygen atoms in total. The van der Waals surface area contributed by atoms with Crippen LogP contribution in [0.1, 0.15) is 24.0 Å². The van der Waals surface area contributed by atoms with Crippen molar-refractivity contribution in [2.45, 2.75) is 25.7 Å². The lowest BCUT2D eigenvalue weighted by molar-refractivity contribution is -0.136. The zero-order valence-corrected chi connectivity index (χ0v) is 18.2. The highest BCUT2D eigenvalue weighted by atomic mass is 35.5. The van der Waals surface area contributed by atoms with E-state index in [1.807, 2.05) is 0 Å². The molecule has 0 aromatic heterocycles. The molecule has 4 rings (SSSR count). The van der Waals surface area contributed by atoms with Crippen LogP contribution in [-0.4, -0.2) is 58.3 Å². The first-order chi connectivity index (χ1) is 14.8. The highest BCUT2D eigenvalue weighted by molar-refractivity contribution is 5.85. The molecule has 4 N–H and O–H groups in total. The first-order valence-corrected chi connectivity index (χ1v) is 9.91. The Morgan fingerprint density at radius 3 is 1.62 bits per heavy atom. The second-order valence-corrected chi connectivity index (χ2v) is 7.14. The number of carbonyl (C=O) groups is 2. The van der Waals surface area contributed by atoms with Crippen LogP contribution in [0, 0.1) is 11.6 Å². The van der Waals surface area contributed by atoms with Gasteiger partial charge in [-0.2, -0.15) is 0 Å². The largest absolute Gasteiger partial charge is 0.508 e. The lowest BCUT2D eigenvalue weighted by Gasteiger charge is -2.31. The van der Waals surface area contributed by atoms with Gasteiger partial charge >= 0.3 is 5.97 Å². The number of carboxylic acids is 1. The quantitative estimate of drug-likeness (QED) is 0.544. The molecule has 0 bridgehead atoms. The Balaban J connectivity index is 0.000000269. The van der Waals surface area contributed by atoms with Crippen molar-refractivity contribution in [1.29, 1.82) is 0 Å². The maximum absolute atomic E-state index is 13.3. The topological polar surface area (TPSA) is 110 Å². The van der Waals surface area contributed by atoms with Gasteiger partial charge in [0.25, 0.3) is 0 Å². The monoisotopic (exact) mass is 472 g/mol. The summed E-state index contributed by atoms with van der Waals surface area (Å²) >= 11 is 0. The Morgan fingerprint density at radius 1 is 0.875 bits per heavy atom. The first-order valence-electron chi connectivity index (χ1n) is 9.91. The molecule has 0 unspecified atom stereocenters. The van der Waals surface area contributed by atoms with Gasteiger partial charge in [0.2, 0.25) is 5.91 Å². The number of likely N-dealkylation sites (tertiary alicyclic amines) is 1. The van der Waals surface area contributed by atoms with Gasteiger partial charge < -0.3 is 25.5 Å². The highest BCUT2D eigenvalue weighted by Gasteiger charge is 2.21. The Kier molecular flexibility index (Phi) is 11.4. The molecule has 0 saturated carbocycles. The van der Waals surface area contributed by atoms with Gasteiger partial charge in [-0.15, -0.1) is 12.4 Å². The molecular formula is C22H27ClF2N2O5.